The van der Waals surface area contributed by atoms with Crippen molar-refractivity contribution in [3.8, 4) is 0 Å². The minimum Gasteiger partial charge on any atom is -0.436 e. The molecular weight excluding hydrogens is 682 g/mol. The van der Waals surface area contributed by atoms with Crippen LogP contribution in [0.1, 0.15) is 54.4 Å². The van der Waals surface area contributed by atoms with Crippen LogP contribution in [0.4, 0.5) is 42.5 Å². The van der Waals surface area contributed by atoms with Gasteiger partial charge in [0.25, 0.3) is 5.91 Å². The van der Waals surface area contributed by atoms with Crippen molar-refractivity contribution in [2.75, 3.05) is 70.5 Å². The molecule has 3 saturated heterocycles. The van der Waals surface area contributed by atoms with Gasteiger partial charge in [0.05, 0.1) is 16.8 Å². The summed E-state index contributed by atoms with van der Waals surface area (Å²) >= 11 is 0. The molecule has 0 saturated carbocycles. The zero-order valence-corrected chi connectivity index (χ0v) is 28.3. The molecule has 0 aliphatic carbocycles. The highest BCUT2D eigenvalue weighted by Gasteiger charge is 2.45. The van der Waals surface area contributed by atoms with E-state index in [4.69, 9.17) is 10.5 Å². The number of piperidine rings is 2. The predicted octanol–water partition coefficient (Wildman–Crippen LogP) is 4.97. The molecule has 4 aliphatic heterocycles. The van der Waals surface area contributed by atoms with E-state index in [1.54, 1.807) is 0 Å². The number of benzene rings is 2. The number of hydrogen-bond donors (Lipinski definition) is 2. The third-order valence-corrected chi connectivity index (χ3v) is 10.9. The van der Waals surface area contributed by atoms with E-state index in [1.165, 1.54) is 9.80 Å². The lowest BCUT2D eigenvalue weighted by molar-refractivity contribution is -0.143. The summed E-state index contributed by atoms with van der Waals surface area (Å²) in [5.74, 6) is -0.845. The number of hydrogen-bond acceptors (Lipinski definition) is 7. The van der Waals surface area contributed by atoms with E-state index in [0.29, 0.717) is 49.8 Å². The fourth-order valence-electron chi connectivity index (χ4n) is 7.98. The average Bonchev–Trinajstić information content (AvgIpc) is 3.08. The third-order valence-electron chi connectivity index (χ3n) is 10.9. The van der Waals surface area contributed by atoms with Gasteiger partial charge in [-0.2, -0.15) is 26.3 Å². The number of fused-ring (bicyclic) bond motifs is 2. The lowest BCUT2D eigenvalue weighted by Gasteiger charge is -2.44. The van der Waals surface area contributed by atoms with Crippen molar-refractivity contribution in [3.63, 3.8) is 0 Å². The van der Waals surface area contributed by atoms with Crippen molar-refractivity contribution >= 4 is 29.3 Å². The Hall–Kier alpha value is -4.05. The van der Waals surface area contributed by atoms with Gasteiger partial charge in [0, 0.05) is 69.3 Å². The summed E-state index contributed by atoms with van der Waals surface area (Å²) in [5, 5.41) is 2.87. The number of nitrogens with zero attached hydrogens (tertiary/aromatic N) is 4. The molecule has 278 valence electrons. The first kappa shape index (κ1) is 36.7. The highest BCUT2D eigenvalue weighted by atomic mass is 19.4. The molecule has 2 aromatic carbocycles. The van der Waals surface area contributed by atoms with Gasteiger partial charge in [0.15, 0.2) is 6.10 Å². The molecule has 4 aliphatic rings. The number of ether oxygens (including phenoxy) is 1. The predicted molar refractivity (Wildman–Crippen MR) is 176 cm³/mol. The summed E-state index contributed by atoms with van der Waals surface area (Å²) in [7, 11) is 2.06. The Morgan fingerprint density at radius 1 is 0.902 bits per heavy atom. The minimum absolute atomic E-state index is 0.147. The highest BCUT2D eigenvalue weighted by Crippen LogP contribution is 2.45. The topological polar surface area (TPSA) is 111 Å². The van der Waals surface area contributed by atoms with Crippen LogP contribution < -0.4 is 11.1 Å². The Morgan fingerprint density at radius 3 is 2.08 bits per heavy atom. The van der Waals surface area contributed by atoms with Gasteiger partial charge >= 0.3 is 18.4 Å². The van der Waals surface area contributed by atoms with Crippen LogP contribution in [-0.4, -0.2) is 109 Å². The molecule has 1 atom stereocenters. The van der Waals surface area contributed by atoms with Gasteiger partial charge in [0.1, 0.15) is 0 Å². The van der Waals surface area contributed by atoms with E-state index in [-0.39, 0.29) is 38.5 Å². The molecular formula is C35H42F6N6O4. The van der Waals surface area contributed by atoms with Crippen LogP contribution in [0.2, 0.25) is 0 Å². The van der Waals surface area contributed by atoms with Gasteiger partial charge < -0.3 is 30.5 Å². The molecule has 3 N–H and O–H groups in total. The number of rotatable bonds is 5. The number of nitrogens with two attached hydrogens (primary N) is 1. The SMILES string of the molecule is CN1CCC(N2CCN(C(=O)[C@@H](Cc3cc(C(F)(F)F)c(N)c(C(F)(F)F)c3)OC(=O)N3CCC4(CC3)CC(=O)Nc3ccccc34)CC2)CC1. The number of carbonyl (C=O) groups is 3. The van der Waals surface area contributed by atoms with E-state index in [2.05, 4.69) is 22.2 Å². The van der Waals surface area contributed by atoms with Gasteiger partial charge in [-0.3, -0.25) is 14.5 Å². The molecule has 4 heterocycles. The molecule has 0 unspecified atom stereocenters. The molecule has 6 rings (SSSR count). The summed E-state index contributed by atoms with van der Waals surface area (Å²) in [5.41, 5.74) is 1.14. The van der Waals surface area contributed by atoms with Crippen LogP contribution in [-0.2, 0) is 38.5 Å². The maximum Gasteiger partial charge on any atom is 0.418 e. The van der Waals surface area contributed by atoms with Gasteiger partial charge in [-0.05, 0) is 75.1 Å². The van der Waals surface area contributed by atoms with Gasteiger partial charge in [0.2, 0.25) is 5.91 Å². The number of para-hydroxylation sites is 1. The number of nitrogens with one attached hydrogen (secondary N) is 1. The molecule has 0 aromatic heterocycles. The van der Waals surface area contributed by atoms with Crippen molar-refractivity contribution < 1.29 is 45.5 Å². The molecule has 16 heteroatoms. The molecule has 1 spiro atoms. The number of carbonyl (C=O) groups excluding carboxylic acids is 3. The summed E-state index contributed by atoms with van der Waals surface area (Å²) in [6.07, 6.45) is -10.8. The van der Waals surface area contributed by atoms with Crippen molar-refractivity contribution in [1.29, 1.82) is 0 Å². The summed E-state index contributed by atoms with van der Waals surface area (Å²) in [6, 6.07) is 8.72. The number of alkyl halides is 6. The van der Waals surface area contributed by atoms with Crippen LogP contribution >= 0.6 is 0 Å². The Balaban J connectivity index is 1.21. The Bertz CT molecular complexity index is 1590. The Morgan fingerprint density at radius 2 is 1.49 bits per heavy atom. The summed E-state index contributed by atoms with van der Waals surface area (Å²) in [4.78, 5) is 47.5. The second kappa shape index (κ2) is 14.2. The number of likely N-dealkylation sites (tertiary alicyclic amines) is 2. The van der Waals surface area contributed by atoms with E-state index < -0.39 is 64.7 Å². The van der Waals surface area contributed by atoms with Crippen LogP contribution in [0.5, 0.6) is 0 Å². The lowest BCUT2D eigenvalue weighted by Crippen LogP contribution is -2.56. The zero-order valence-electron chi connectivity index (χ0n) is 28.3. The van der Waals surface area contributed by atoms with E-state index in [9.17, 15) is 40.7 Å². The van der Waals surface area contributed by atoms with Crippen LogP contribution in [0.15, 0.2) is 36.4 Å². The van der Waals surface area contributed by atoms with Crippen molar-refractivity contribution in [2.24, 2.45) is 0 Å². The van der Waals surface area contributed by atoms with Crippen LogP contribution in [0.25, 0.3) is 0 Å². The first-order chi connectivity index (χ1) is 24.0. The zero-order chi connectivity index (χ0) is 36.7. The summed E-state index contributed by atoms with van der Waals surface area (Å²) in [6.45, 7) is 3.79. The molecule has 10 nitrogen and oxygen atoms in total. The van der Waals surface area contributed by atoms with Crippen molar-refractivity contribution in [3.05, 3.63) is 58.7 Å². The average molecular weight is 725 g/mol. The van der Waals surface area contributed by atoms with Crippen LogP contribution in [0.3, 0.4) is 0 Å². The van der Waals surface area contributed by atoms with Gasteiger partial charge in [-0.1, -0.05) is 18.2 Å². The van der Waals surface area contributed by atoms with Crippen molar-refractivity contribution in [2.45, 2.75) is 68.4 Å². The Labute approximate surface area is 291 Å². The largest absolute Gasteiger partial charge is 0.436 e. The third kappa shape index (κ3) is 7.91. The van der Waals surface area contributed by atoms with E-state index in [1.807, 2.05) is 24.3 Å². The minimum atomic E-state index is -5.21. The number of nitrogen functional groups attached to an aromatic ring is 1. The smallest absolute Gasteiger partial charge is 0.418 e. The molecule has 0 bridgehead atoms. The van der Waals surface area contributed by atoms with Crippen LogP contribution in [0, 0.1) is 0 Å². The highest BCUT2D eigenvalue weighted by molar-refractivity contribution is 5.95. The second-order valence-corrected chi connectivity index (χ2v) is 14.1. The number of halogens is 6. The van der Waals surface area contributed by atoms with E-state index >= 15 is 0 Å². The van der Waals surface area contributed by atoms with Crippen molar-refractivity contribution in [1.82, 2.24) is 19.6 Å². The quantitative estimate of drug-likeness (QED) is 0.331. The molecule has 3 fully saturated rings. The summed E-state index contributed by atoms with van der Waals surface area (Å²) < 4.78 is 88.9. The number of anilines is 2. The maximum atomic E-state index is 14.0. The fraction of sp³-hybridized carbons (Fsp3) is 0.571. The number of amides is 3. The normalized spacial score (nSPS) is 21.3. The molecule has 51 heavy (non-hydrogen) atoms. The first-order valence-electron chi connectivity index (χ1n) is 17.2. The number of piperazine rings is 1. The first-order valence-corrected chi connectivity index (χ1v) is 17.2. The lowest BCUT2D eigenvalue weighted by atomic mass is 9.68. The molecule has 2 aromatic rings. The monoisotopic (exact) mass is 724 g/mol. The Kier molecular flexibility index (Phi) is 10.2. The van der Waals surface area contributed by atoms with Gasteiger partial charge in [-0.15, -0.1) is 0 Å². The molecule has 0 radical (unpaired) electrons. The van der Waals surface area contributed by atoms with Gasteiger partial charge in [-0.25, -0.2) is 4.79 Å². The second-order valence-electron chi connectivity index (χ2n) is 14.1. The molecule has 3 amide bonds. The standard InChI is InChI=1S/C35H42F6N6O4/c1-44-10-6-23(7-11-44)45-14-16-46(17-15-45)31(49)28(20-22-18-25(34(36,37)38)30(42)26(19-22)35(39,40)41)51-32(50)47-12-8-33(9-13-47)21-29(48)43-27-5-3-2-4-24(27)33/h2-5,18-19,23,28H,6-17,20-21,42H2,1H3,(H,43,48)/t28-/m1/s1. The van der Waals surface area contributed by atoms with E-state index in [0.717, 1.165) is 31.5 Å². The fourth-order valence-corrected chi connectivity index (χ4v) is 7.98. The maximum absolute atomic E-state index is 14.0.